The van der Waals surface area contributed by atoms with Crippen molar-refractivity contribution in [3.05, 3.63) is 35.8 Å². The van der Waals surface area contributed by atoms with Gasteiger partial charge in [0.15, 0.2) is 0 Å². The third-order valence-corrected chi connectivity index (χ3v) is 5.17. The van der Waals surface area contributed by atoms with Gasteiger partial charge in [-0.15, -0.1) is 0 Å². The number of hydrogen-bond donors (Lipinski definition) is 1. The van der Waals surface area contributed by atoms with E-state index >= 15 is 0 Å². The Labute approximate surface area is 124 Å². The van der Waals surface area contributed by atoms with E-state index in [1.165, 1.54) is 25.3 Å². The normalized spacial score (nSPS) is 28.8. The van der Waals surface area contributed by atoms with E-state index in [9.17, 15) is 4.39 Å². The first-order valence-corrected chi connectivity index (χ1v) is 8.17. The lowest BCUT2D eigenvalue weighted by atomic mass is 9.92. The molecule has 21 heavy (non-hydrogen) atoms. The second-order valence-corrected chi connectivity index (χ2v) is 6.75. The summed E-state index contributed by atoms with van der Waals surface area (Å²) in [6.07, 6.45) is 5.18. The first-order chi connectivity index (χ1) is 10.2. The number of hydrogen-bond acceptors (Lipinski definition) is 2. The number of benzene rings is 1. The summed E-state index contributed by atoms with van der Waals surface area (Å²) >= 11 is 0. The molecule has 1 aromatic carbocycles. The minimum atomic E-state index is -0.199. The summed E-state index contributed by atoms with van der Waals surface area (Å²) in [4.78, 5) is 0. The molecular formula is C18H22FNO. The quantitative estimate of drug-likeness (QED) is 0.865. The van der Waals surface area contributed by atoms with Crippen LogP contribution in [0.1, 0.15) is 44.4 Å². The molecule has 3 unspecified atom stereocenters. The average molecular weight is 287 g/mol. The van der Waals surface area contributed by atoms with Crippen molar-refractivity contribution in [1.82, 2.24) is 5.32 Å². The van der Waals surface area contributed by atoms with E-state index in [-0.39, 0.29) is 11.9 Å². The lowest BCUT2D eigenvalue weighted by molar-refractivity contribution is 0.301. The van der Waals surface area contributed by atoms with Crippen molar-refractivity contribution in [3.8, 4) is 0 Å². The molecule has 2 nitrogen and oxygen atoms in total. The van der Waals surface area contributed by atoms with Crippen LogP contribution >= 0.6 is 0 Å². The number of nitrogens with one attached hydrogen (secondary N) is 1. The Balaban J connectivity index is 1.63. The molecule has 1 N–H and O–H groups in total. The maximum Gasteiger partial charge on any atom is 0.134 e. The summed E-state index contributed by atoms with van der Waals surface area (Å²) in [7, 11) is 0. The molecule has 0 saturated heterocycles. The molecule has 0 radical (unpaired) electrons. The fourth-order valence-corrected chi connectivity index (χ4v) is 4.02. The number of furan rings is 1. The second-order valence-electron chi connectivity index (χ2n) is 6.75. The summed E-state index contributed by atoms with van der Waals surface area (Å²) < 4.78 is 19.4. The van der Waals surface area contributed by atoms with Gasteiger partial charge in [-0.2, -0.15) is 0 Å². The topological polar surface area (TPSA) is 25.2 Å². The van der Waals surface area contributed by atoms with E-state index in [0.717, 1.165) is 41.5 Å². The molecular weight excluding hydrogens is 265 g/mol. The van der Waals surface area contributed by atoms with Gasteiger partial charge in [0, 0.05) is 5.39 Å². The Hall–Kier alpha value is -1.35. The van der Waals surface area contributed by atoms with Crippen LogP contribution in [0.3, 0.4) is 0 Å². The number of rotatable bonds is 5. The highest BCUT2D eigenvalue weighted by Crippen LogP contribution is 2.57. The number of fused-ring (bicyclic) bond motifs is 2. The highest BCUT2D eigenvalue weighted by molar-refractivity contribution is 5.78. The molecule has 2 aliphatic carbocycles. The first kappa shape index (κ1) is 13.3. The highest BCUT2D eigenvalue weighted by Gasteiger charge is 2.48. The Morgan fingerprint density at radius 3 is 2.81 bits per heavy atom. The third-order valence-electron chi connectivity index (χ3n) is 5.17. The van der Waals surface area contributed by atoms with Gasteiger partial charge in [0.2, 0.25) is 0 Å². The van der Waals surface area contributed by atoms with E-state index < -0.39 is 0 Å². The smallest absolute Gasteiger partial charge is 0.134 e. The molecule has 1 aromatic heterocycles. The van der Waals surface area contributed by atoms with Crippen molar-refractivity contribution in [3.63, 3.8) is 0 Å². The van der Waals surface area contributed by atoms with Gasteiger partial charge in [-0.25, -0.2) is 4.39 Å². The van der Waals surface area contributed by atoms with E-state index in [0.29, 0.717) is 5.92 Å². The largest absolute Gasteiger partial charge is 0.459 e. The van der Waals surface area contributed by atoms with Crippen LogP contribution in [0.25, 0.3) is 11.0 Å². The van der Waals surface area contributed by atoms with Crippen LogP contribution < -0.4 is 5.32 Å². The number of halogens is 1. The van der Waals surface area contributed by atoms with Crippen molar-refractivity contribution in [1.29, 1.82) is 0 Å². The minimum Gasteiger partial charge on any atom is -0.459 e. The lowest BCUT2D eigenvalue weighted by Gasteiger charge is -2.24. The maximum atomic E-state index is 13.4. The van der Waals surface area contributed by atoms with E-state index in [2.05, 4.69) is 12.2 Å². The van der Waals surface area contributed by atoms with Gasteiger partial charge in [-0.1, -0.05) is 6.92 Å². The van der Waals surface area contributed by atoms with E-state index in [4.69, 9.17) is 4.42 Å². The van der Waals surface area contributed by atoms with Crippen LogP contribution in [0.5, 0.6) is 0 Å². The second kappa shape index (κ2) is 5.13. The van der Waals surface area contributed by atoms with Gasteiger partial charge in [0.1, 0.15) is 17.2 Å². The van der Waals surface area contributed by atoms with Crippen molar-refractivity contribution < 1.29 is 8.81 Å². The lowest BCUT2D eigenvalue weighted by Crippen LogP contribution is -2.28. The van der Waals surface area contributed by atoms with Gasteiger partial charge in [0.25, 0.3) is 0 Å². The Morgan fingerprint density at radius 1 is 1.24 bits per heavy atom. The fourth-order valence-electron chi connectivity index (χ4n) is 4.02. The molecule has 4 rings (SSSR count). The molecule has 3 heteroatoms. The van der Waals surface area contributed by atoms with E-state index in [1.807, 2.05) is 6.07 Å². The molecule has 2 aromatic rings. The van der Waals surface area contributed by atoms with Gasteiger partial charge in [0.05, 0.1) is 6.04 Å². The van der Waals surface area contributed by atoms with Crippen LogP contribution in [0.15, 0.2) is 28.7 Å². The third kappa shape index (κ3) is 2.48. The minimum absolute atomic E-state index is 0.199. The van der Waals surface area contributed by atoms with Gasteiger partial charge in [-0.3, -0.25) is 0 Å². The average Bonchev–Trinajstić information content (AvgIpc) is 2.90. The van der Waals surface area contributed by atoms with Gasteiger partial charge in [-0.05, 0) is 74.2 Å². The van der Waals surface area contributed by atoms with Crippen LogP contribution in [0, 0.1) is 23.6 Å². The zero-order chi connectivity index (χ0) is 14.4. The predicted octanol–water partition coefficient (Wildman–Crippen LogP) is 4.66. The summed E-state index contributed by atoms with van der Waals surface area (Å²) in [5.41, 5.74) is 0.790. The van der Waals surface area contributed by atoms with Crippen molar-refractivity contribution >= 4 is 11.0 Å². The molecule has 0 amide bonds. The molecule has 112 valence electrons. The van der Waals surface area contributed by atoms with Crippen LogP contribution in [0.2, 0.25) is 0 Å². The molecule has 3 atom stereocenters. The highest BCUT2D eigenvalue weighted by atomic mass is 19.1. The van der Waals surface area contributed by atoms with Crippen molar-refractivity contribution in [2.45, 2.75) is 38.6 Å². The fraction of sp³-hybridized carbons (Fsp3) is 0.556. The first-order valence-electron chi connectivity index (χ1n) is 8.17. The Morgan fingerprint density at radius 2 is 2.05 bits per heavy atom. The van der Waals surface area contributed by atoms with Gasteiger partial charge >= 0.3 is 0 Å². The monoisotopic (exact) mass is 287 g/mol. The molecule has 2 fully saturated rings. The summed E-state index contributed by atoms with van der Waals surface area (Å²) in [5, 5.41) is 4.53. The Bertz CT molecular complexity index is 640. The summed E-state index contributed by atoms with van der Waals surface area (Å²) in [5.74, 6) is 3.38. The van der Waals surface area contributed by atoms with Crippen LogP contribution in [-0.2, 0) is 0 Å². The zero-order valence-corrected chi connectivity index (χ0v) is 12.4. The summed E-state index contributed by atoms with van der Waals surface area (Å²) in [6, 6.07) is 7.07. The summed E-state index contributed by atoms with van der Waals surface area (Å²) in [6.45, 7) is 3.19. The van der Waals surface area contributed by atoms with Crippen LogP contribution in [0.4, 0.5) is 4.39 Å². The molecule has 1 heterocycles. The van der Waals surface area contributed by atoms with Crippen molar-refractivity contribution in [2.75, 3.05) is 6.54 Å². The van der Waals surface area contributed by atoms with Gasteiger partial charge < -0.3 is 9.73 Å². The van der Waals surface area contributed by atoms with Crippen LogP contribution in [-0.4, -0.2) is 6.54 Å². The molecule has 0 aliphatic heterocycles. The predicted molar refractivity (Wildman–Crippen MR) is 81.5 cm³/mol. The standard InChI is InChI=1S/C18H22FNO/c1-2-5-20-18(14-7-11-6-12(11)8-14)17-10-13-9-15(19)3-4-16(13)21-17/h3-4,9-12,14,18,20H,2,5-8H2,1H3. The zero-order valence-electron chi connectivity index (χ0n) is 12.4. The molecule has 0 bridgehead atoms. The Kier molecular flexibility index (Phi) is 3.26. The molecule has 2 aliphatic rings. The maximum absolute atomic E-state index is 13.4. The van der Waals surface area contributed by atoms with Crippen molar-refractivity contribution in [2.24, 2.45) is 17.8 Å². The van der Waals surface area contributed by atoms with E-state index in [1.54, 1.807) is 12.1 Å². The SMILES string of the molecule is CCCNC(c1cc2cc(F)ccc2o1)C1CC2CC2C1. The molecule has 2 saturated carbocycles. The molecule has 0 spiro atoms.